The summed E-state index contributed by atoms with van der Waals surface area (Å²) in [6.07, 6.45) is 0. The summed E-state index contributed by atoms with van der Waals surface area (Å²) >= 11 is 0. The van der Waals surface area contributed by atoms with Gasteiger partial charge in [0, 0.05) is 56.4 Å². The number of nitrogens with one attached hydrogen (secondary N) is 2. The van der Waals surface area contributed by atoms with Crippen LogP contribution in [-0.2, 0) is 14.3 Å². The zero-order valence-corrected chi connectivity index (χ0v) is 20.9. The Labute approximate surface area is 207 Å². The molecule has 1 saturated heterocycles. The van der Waals surface area contributed by atoms with Crippen molar-refractivity contribution in [2.45, 2.75) is 26.8 Å². The lowest BCUT2D eigenvalue weighted by molar-refractivity contribution is -0.139. The zero-order valence-electron chi connectivity index (χ0n) is 20.9. The monoisotopic (exact) mass is 481 g/mol. The number of aryl methyl sites for hydroxylation is 1. The average molecular weight is 482 g/mol. The molecule has 2 aromatic carbocycles. The van der Waals surface area contributed by atoms with Crippen molar-refractivity contribution in [1.82, 2.24) is 9.80 Å². The lowest BCUT2D eigenvalue weighted by Crippen LogP contribution is -2.50. The van der Waals surface area contributed by atoms with Gasteiger partial charge >= 0.3 is 6.03 Å². The van der Waals surface area contributed by atoms with Crippen LogP contribution >= 0.6 is 0 Å². The van der Waals surface area contributed by atoms with Crippen molar-refractivity contribution in [2.24, 2.45) is 0 Å². The molecule has 1 heterocycles. The molecule has 0 unspecified atom stereocenters. The average Bonchev–Trinajstić information content (AvgIpc) is 2.83. The first-order valence-corrected chi connectivity index (χ1v) is 11.8. The Morgan fingerprint density at radius 1 is 0.971 bits per heavy atom. The van der Waals surface area contributed by atoms with Crippen molar-refractivity contribution < 1.29 is 19.1 Å². The molecule has 2 aromatic rings. The highest BCUT2D eigenvalue weighted by atomic mass is 16.5. The van der Waals surface area contributed by atoms with Gasteiger partial charge < -0.3 is 30.1 Å². The van der Waals surface area contributed by atoms with Crippen LogP contribution in [0.1, 0.15) is 19.4 Å². The molecular weight excluding hydrogens is 446 g/mol. The molecular formula is C26H35N5O4. The van der Waals surface area contributed by atoms with E-state index in [1.807, 2.05) is 74.2 Å². The number of urea groups is 1. The highest BCUT2D eigenvalue weighted by Crippen LogP contribution is 2.20. The second kappa shape index (κ2) is 12.2. The molecule has 9 heteroatoms. The number of nitrogens with zero attached hydrogens (tertiary/aromatic N) is 3. The molecule has 1 fully saturated rings. The Kier molecular flexibility index (Phi) is 9.08. The number of piperazine rings is 1. The van der Waals surface area contributed by atoms with E-state index >= 15 is 0 Å². The molecule has 0 bridgehead atoms. The normalized spacial score (nSPS) is 13.5. The van der Waals surface area contributed by atoms with Gasteiger partial charge in [-0.25, -0.2) is 4.79 Å². The maximum absolute atomic E-state index is 12.6. The highest BCUT2D eigenvalue weighted by molar-refractivity contribution is 5.95. The Bertz CT molecular complexity index is 1020. The summed E-state index contributed by atoms with van der Waals surface area (Å²) in [5.41, 5.74) is 3.59. The summed E-state index contributed by atoms with van der Waals surface area (Å²) < 4.78 is 4.90. The number of carbonyl (C=O) groups excluding carboxylic acids is 3. The van der Waals surface area contributed by atoms with Gasteiger partial charge in [0.15, 0.2) is 0 Å². The van der Waals surface area contributed by atoms with Gasteiger partial charge in [0.25, 0.3) is 0 Å². The first kappa shape index (κ1) is 26.0. The second-order valence-corrected chi connectivity index (χ2v) is 8.92. The smallest absolute Gasteiger partial charge is 0.321 e. The molecule has 4 amide bonds. The van der Waals surface area contributed by atoms with E-state index in [9.17, 15) is 14.4 Å². The van der Waals surface area contributed by atoms with Crippen molar-refractivity contribution >= 4 is 34.9 Å². The number of carbonyl (C=O) groups is 3. The fourth-order valence-electron chi connectivity index (χ4n) is 3.97. The Balaban J connectivity index is 1.49. The summed E-state index contributed by atoms with van der Waals surface area (Å²) in [5.74, 6) is -0.483. The standard InChI is InChI=1S/C26H35N5O4/c1-19(2)31(25(33)18-35-4)17-24(32)27-21-8-10-23(11-9-21)29-12-14-30(15-13-29)26(34)28-22-7-5-6-20(3)16-22/h5-11,16,19H,12-15,17-18H2,1-4H3,(H,27,32)(H,28,34). The third-order valence-corrected chi connectivity index (χ3v) is 5.88. The van der Waals surface area contributed by atoms with E-state index in [2.05, 4.69) is 15.5 Å². The topological polar surface area (TPSA) is 94.2 Å². The van der Waals surface area contributed by atoms with Crippen LogP contribution in [0, 0.1) is 6.92 Å². The third-order valence-electron chi connectivity index (χ3n) is 5.88. The van der Waals surface area contributed by atoms with E-state index in [0.717, 1.165) is 30.0 Å². The molecule has 188 valence electrons. The predicted molar refractivity (Wildman–Crippen MR) is 138 cm³/mol. The molecule has 0 saturated carbocycles. The number of rotatable bonds is 8. The zero-order chi connectivity index (χ0) is 25.4. The van der Waals surface area contributed by atoms with Gasteiger partial charge in [0.05, 0.1) is 0 Å². The Morgan fingerprint density at radius 3 is 2.26 bits per heavy atom. The van der Waals surface area contributed by atoms with E-state index in [1.54, 1.807) is 0 Å². The van der Waals surface area contributed by atoms with Crippen LogP contribution in [0.2, 0.25) is 0 Å². The minimum atomic E-state index is -0.260. The van der Waals surface area contributed by atoms with E-state index in [0.29, 0.717) is 18.8 Å². The summed E-state index contributed by atoms with van der Waals surface area (Å²) in [6, 6.07) is 15.2. The van der Waals surface area contributed by atoms with Gasteiger partial charge in [-0.3, -0.25) is 9.59 Å². The Hall–Kier alpha value is -3.59. The van der Waals surface area contributed by atoms with Crippen molar-refractivity contribution in [3.63, 3.8) is 0 Å². The summed E-state index contributed by atoms with van der Waals surface area (Å²) in [5, 5.41) is 5.81. The van der Waals surface area contributed by atoms with Crippen molar-refractivity contribution in [3.05, 3.63) is 54.1 Å². The quantitative estimate of drug-likeness (QED) is 0.604. The highest BCUT2D eigenvalue weighted by Gasteiger charge is 2.22. The Morgan fingerprint density at radius 2 is 1.66 bits per heavy atom. The van der Waals surface area contributed by atoms with Crippen LogP contribution in [0.15, 0.2) is 48.5 Å². The van der Waals surface area contributed by atoms with Crippen LogP contribution in [0.25, 0.3) is 0 Å². The van der Waals surface area contributed by atoms with Crippen molar-refractivity contribution in [1.29, 1.82) is 0 Å². The largest absolute Gasteiger partial charge is 0.375 e. The third kappa shape index (κ3) is 7.45. The van der Waals surface area contributed by atoms with E-state index < -0.39 is 0 Å². The molecule has 0 atom stereocenters. The molecule has 1 aliphatic heterocycles. The van der Waals surface area contributed by atoms with E-state index in [4.69, 9.17) is 4.74 Å². The van der Waals surface area contributed by atoms with Crippen molar-refractivity contribution in [3.8, 4) is 0 Å². The van der Waals surface area contributed by atoms with Crippen LogP contribution < -0.4 is 15.5 Å². The number of anilines is 3. The molecule has 35 heavy (non-hydrogen) atoms. The maximum atomic E-state index is 12.6. The number of methoxy groups -OCH3 is 1. The minimum absolute atomic E-state index is 0.0335. The molecule has 2 N–H and O–H groups in total. The van der Waals surface area contributed by atoms with Gasteiger partial charge in [-0.2, -0.15) is 0 Å². The summed E-state index contributed by atoms with van der Waals surface area (Å²) in [6.45, 7) is 8.32. The van der Waals surface area contributed by atoms with Crippen molar-refractivity contribution in [2.75, 3.05) is 62.0 Å². The fraction of sp³-hybridized carbons (Fsp3) is 0.423. The van der Waals surface area contributed by atoms with Crippen LogP contribution in [0.4, 0.5) is 21.9 Å². The first-order chi connectivity index (χ1) is 16.8. The molecule has 0 radical (unpaired) electrons. The van der Waals surface area contributed by atoms with E-state index in [-0.39, 0.29) is 37.0 Å². The van der Waals surface area contributed by atoms with Gasteiger partial charge in [0.2, 0.25) is 11.8 Å². The molecule has 3 rings (SSSR count). The number of amides is 4. The second-order valence-electron chi connectivity index (χ2n) is 8.92. The van der Waals surface area contributed by atoms with Gasteiger partial charge in [-0.1, -0.05) is 12.1 Å². The van der Waals surface area contributed by atoms with E-state index in [1.165, 1.54) is 12.0 Å². The first-order valence-electron chi connectivity index (χ1n) is 11.8. The van der Waals surface area contributed by atoms with Gasteiger partial charge in [-0.05, 0) is 62.7 Å². The molecule has 0 aromatic heterocycles. The molecule has 0 spiro atoms. The number of hydrogen-bond acceptors (Lipinski definition) is 5. The number of hydrogen-bond donors (Lipinski definition) is 2. The van der Waals surface area contributed by atoms with Crippen LogP contribution in [0.3, 0.4) is 0 Å². The molecule has 0 aliphatic carbocycles. The summed E-state index contributed by atoms with van der Waals surface area (Å²) in [4.78, 5) is 42.7. The van der Waals surface area contributed by atoms with Gasteiger partial charge in [0.1, 0.15) is 13.2 Å². The number of ether oxygens (including phenoxy) is 1. The number of benzene rings is 2. The molecule has 1 aliphatic rings. The lowest BCUT2D eigenvalue weighted by atomic mass is 10.2. The van der Waals surface area contributed by atoms with Gasteiger partial charge in [-0.15, -0.1) is 0 Å². The predicted octanol–water partition coefficient (Wildman–Crippen LogP) is 3.17. The lowest BCUT2D eigenvalue weighted by Gasteiger charge is -2.36. The fourth-order valence-corrected chi connectivity index (χ4v) is 3.97. The SMILES string of the molecule is COCC(=O)N(CC(=O)Nc1ccc(N2CCN(C(=O)Nc3cccc(C)c3)CC2)cc1)C(C)C. The minimum Gasteiger partial charge on any atom is -0.375 e. The maximum Gasteiger partial charge on any atom is 0.321 e. The molecule has 9 nitrogen and oxygen atoms in total. The van der Waals surface area contributed by atoms with Crippen LogP contribution in [0.5, 0.6) is 0 Å². The summed E-state index contributed by atoms with van der Waals surface area (Å²) in [7, 11) is 1.46. The van der Waals surface area contributed by atoms with Crippen LogP contribution in [-0.4, -0.2) is 80.1 Å².